The van der Waals surface area contributed by atoms with E-state index in [1.807, 2.05) is 29.2 Å². The lowest BCUT2D eigenvalue weighted by Crippen LogP contribution is -2.47. The van der Waals surface area contributed by atoms with E-state index in [0.717, 1.165) is 22.8 Å². The van der Waals surface area contributed by atoms with Crippen LogP contribution in [0.4, 0.5) is 8.78 Å². The van der Waals surface area contributed by atoms with Gasteiger partial charge in [0.1, 0.15) is 5.75 Å². The Morgan fingerprint density at radius 2 is 1.94 bits per heavy atom. The molecule has 33 heavy (non-hydrogen) atoms. The maximum atomic E-state index is 13.7. The normalized spacial score (nSPS) is 24.6. The number of benzene rings is 2. The minimum Gasteiger partial charge on any atom is -0.497 e. The summed E-state index contributed by atoms with van der Waals surface area (Å²) in [4.78, 5) is 16.1. The van der Waals surface area contributed by atoms with Gasteiger partial charge in [0.15, 0.2) is 21.5 Å². The number of amides is 1. The molecule has 1 amide bonds. The van der Waals surface area contributed by atoms with Crippen LogP contribution in [0.1, 0.15) is 18.4 Å². The molecule has 6 nitrogen and oxygen atoms in total. The molecule has 0 radical (unpaired) electrons. The largest absolute Gasteiger partial charge is 0.497 e. The molecule has 2 aliphatic rings. The number of sulfone groups is 1. The Morgan fingerprint density at radius 3 is 2.58 bits per heavy atom. The molecular weight excluding hydrogens is 470 g/mol. The first-order valence-corrected chi connectivity index (χ1v) is 13.4. The fourth-order valence-electron chi connectivity index (χ4n) is 4.32. The van der Waals surface area contributed by atoms with Crippen LogP contribution in [0.5, 0.6) is 5.75 Å². The highest BCUT2D eigenvalue weighted by molar-refractivity contribution is 8.00. The first-order chi connectivity index (χ1) is 15.7. The molecule has 2 aromatic rings. The average Bonchev–Trinajstić information content (AvgIpc) is 3.33. The summed E-state index contributed by atoms with van der Waals surface area (Å²) in [6.45, 7) is 0.870. The van der Waals surface area contributed by atoms with Crippen molar-refractivity contribution in [3.8, 4) is 5.75 Å². The van der Waals surface area contributed by atoms with Crippen molar-refractivity contribution < 1.29 is 26.7 Å². The van der Waals surface area contributed by atoms with Gasteiger partial charge in [-0.1, -0.05) is 6.07 Å². The van der Waals surface area contributed by atoms with Crippen molar-refractivity contribution >= 4 is 27.5 Å². The van der Waals surface area contributed by atoms with Crippen molar-refractivity contribution in [2.24, 2.45) is 0 Å². The lowest BCUT2D eigenvalue weighted by molar-refractivity contribution is -0.126. The van der Waals surface area contributed by atoms with E-state index < -0.39 is 27.5 Å². The number of carbonyl (C=O) groups is 1. The molecule has 0 aliphatic carbocycles. The summed E-state index contributed by atoms with van der Waals surface area (Å²) in [5.41, 5.74) is 0.574. The molecule has 0 bridgehead atoms. The molecule has 2 aromatic carbocycles. The van der Waals surface area contributed by atoms with Crippen molar-refractivity contribution in [1.82, 2.24) is 10.2 Å². The lowest BCUT2D eigenvalue weighted by Gasteiger charge is -2.25. The third kappa shape index (κ3) is 6.04. The number of carbonyl (C=O) groups excluding carboxylic acids is 1. The average molecular weight is 497 g/mol. The predicted octanol–water partition coefficient (Wildman–Crippen LogP) is 3.01. The summed E-state index contributed by atoms with van der Waals surface area (Å²) in [6, 6.07) is 10.5. The van der Waals surface area contributed by atoms with Crippen molar-refractivity contribution in [2.75, 3.05) is 25.2 Å². The zero-order valence-electron chi connectivity index (χ0n) is 18.2. The molecule has 2 fully saturated rings. The summed E-state index contributed by atoms with van der Waals surface area (Å²) in [7, 11) is -1.51. The van der Waals surface area contributed by atoms with Crippen LogP contribution in [0.3, 0.4) is 0 Å². The van der Waals surface area contributed by atoms with Gasteiger partial charge in [-0.25, -0.2) is 17.2 Å². The number of halogens is 2. The van der Waals surface area contributed by atoms with E-state index in [1.165, 1.54) is 6.07 Å². The fraction of sp³-hybridized carbons (Fsp3) is 0.435. The third-order valence-corrected chi connectivity index (χ3v) is 8.97. The third-order valence-electron chi connectivity index (χ3n) is 5.98. The first kappa shape index (κ1) is 24.0. The second-order valence-corrected chi connectivity index (χ2v) is 12.1. The van der Waals surface area contributed by atoms with Crippen LogP contribution in [0.2, 0.25) is 0 Å². The van der Waals surface area contributed by atoms with Gasteiger partial charge in [0, 0.05) is 29.3 Å². The number of nitrogens with one attached hydrogen (secondary N) is 1. The first-order valence-electron chi connectivity index (χ1n) is 10.7. The second-order valence-electron chi connectivity index (χ2n) is 8.45. The van der Waals surface area contributed by atoms with Crippen LogP contribution in [0.25, 0.3) is 0 Å². The van der Waals surface area contributed by atoms with Crippen LogP contribution in [-0.2, 0) is 21.2 Å². The molecular formula is C23H26F2N2O4S2. The van der Waals surface area contributed by atoms with Gasteiger partial charge in [-0.3, -0.25) is 9.69 Å². The standard InChI is InChI=1S/C23H26F2N2O4S2/c1-31-17-3-5-18(6-4-17)32-19-11-22(23(28)26-16-8-9-33(29,30)14-16)27(13-19)12-15-2-7-20(24)21(25)10-15/h2-7,10,16,19,22H,8-9,11-14H2,1H3,(H,26,28)/t16?,19-,22+/m1/s1. The van der Waals surface area contributed by atoms with Gasteiger partial charge in [0.25, 0.3) is 0 Å². The Balaban J connectivity index is 1.48. The minimum atomic E-state index is -3.11. The molecule has 10 heteroatoms. The Morgan fingerprint density at radius 1 is 1.18 bits per heavy atom. The van der Waals surface area contributed by atoms with Gasteiger partial charge in [-0.15, -0.1) is 11.8 Å². The zero-order chi connectivity index (χ0) is 23.6. The van der Waals surface area contributed by atoms with Crippen LogP contribution < -0.4 is 10.1 Å². The van der Waals surface area contributed by atoms with E-state index in [1.54, 1.807) is 18.9 Å². The topological polar surface area (TPSA) is 75.7 Å². The maximum absolute atomic E-state index is 13.7. The van der Waals surface area contributed by atoms with Gasteiger partial charge < -0.3 is 10.1 Å². The second kappa shape index (κ2) is 9.99. The monoisotopic (exact) mass is 496 g/mol. The summed E-state index contributed by atoms with van der Waals surface area (Å²) in [6.07, 6.45) is 0.972. The van der Waals surface area contributed by atoms with Gasteiger partial charge in [0.05, 0.1) is 24.7 Å². The lowest BCUT2D eigenvalue weighted by atomic mass is 10.1. The smallest absolute Gasteiger partial charge is 0.237 e. The van der Waals surface area contributed by atoms with Gasteiger partial charge >= 0.3 is 0 Å². The van der Waals surface area contributed by atoms with Gasteiger partial charge in [-0.05, 0) is 54.8 Å². The van der Waals surface area contributed by atoms with Crippen LogP contribution in [0.15, 0.2) is 47.4 Å². The molecule has 178 valence electrons. The number of hydrogen-bond acceptors (Lipinski definition) is 6. The van der Waals surface area contributed by atoms with Crippen LogP contribution >= 0.6 is 11.8 Å². The van der Waals surface area contributed by atoms with E-state index in [9.17, 15) is 22.0 Å². The van der Waals surface area contributed by atoms with Gasteiger partial charge in [0.2, 0.25) is 5.91 Å². The molecule has 2 heterocycles. The molecule has 2 saturated heterocycles. The Labute approximate surface area is 196 Å². The Bertz CT molecular complexity index is 1110. The molecule has 3 atom stereocenters. The van der Waals surface area contributed by atoms with Crippen molar-refractivity contribution in [1.29, 1.82) is 0 Å². The highest BCUT2D eigenvalue weighted by Gasteiger charge is 2.39. The summed E-state index contributed by atoms with van der Waals surface area (Å²) in [5.74, 6) is -1.26. The molecule has 0 spiro atoms. The fourth-order valence-corrected chi connectivity index (χ4v) is 7.22. The molecule has 0 aromatic heterocycles. The number of methoxy groups -OCH3 is 1. The molecule has 1 unspecified atom stereocenters. The summed E-state index contributed by atoms with van der Waals surface area (Å²) < 4.78 is 55.8. The summed E-state index contributed by atoms with van der Waals surface area (Å²) >= 11 is 1.65. The van der Waals surface area contributed by atoms with Crippen LogP contribution in [-0.4, -0.2) is 61.7 Å². The number of rotatable bonds is 7. The van der Waals surface area contributed by atoms with Crippen molar-refractivity contribution in [3.63, 3.8) is 0 Å². The quantitative estimate of drug-likeness (QED) is 0.635. The molecule has 0 saturated carbocycles. The SMILES string of the molecule is COc1ccc(S[C@@H]2C[C@@H](C(=O)NC3CCS(=O)(=O)C3)N(Cc3ccc(F)c(F)c3)C2)cc1. The van der Waals surface area contributed by atoms with Crippen LogP contribution in [0, 0.1) is 11.6 Å². The zero-order valence-corrected chi connectivity index (χ0v) is 19.8. The highest BCUT2D eigenvalue weighted by Crippen LogP contribution is 2.35. The number of ether oxygens (including phenoxy) is 1. The van der Waals surface area contributed by atoms with E-state index in [2.05, 4.69) is 5.32 Å². The van der Waals surface area contributed by atoms with E-state index in [0.29, 0.717) is 24.9 Å². The number of likely N-dealkylation sites (tertiary alicyclic amines) is 1. The predicted molar refractivity (Wildman–Crippen MR) is 123 cm³/mol. The van der Waals surface area contributed by atoms with Crippen molar-refractivity contribution in [2.45, 2.75) is 41.6 Å². The van der Waals surface area contributed by atoms with Crippen molar-refractivity contribution in [3.05, 3.63) is 59.7 Å². The van der Waals surface area contributed by atoms with Gasteiger partial charge in [-0.2, -0.15) is 0 Å². The molecule has 1 N–H and O–H groups in total. The molecule has 4 rings (SSSR count). The van der Waals surface area contributed by atoms with E-state index in [-0.39, 0.29) is 35.2 Å². The number of hydrogen-bond donors (Lipinski definition) is 1. The number of thioether (sulfide) groups is 1. The highest BCUT2D eigenvalue weighted by atomic mass is 32.2. The molecule has 2 aliphatic heterocycles. The summed E-state index contributed by atoms with van der Waals surface area (Å²) in [5, 5.41) is 3.00. The van der Waals surface area contributed by atoms with E-state index >= 15 is 0 Å². The Kier molecular flexibility index (Phi) is 7.25. The minimum absolute atomic E-state index is 0.0430. The van der Waals surface area contributed by atoms with E-state index in [4.69, 9.17) is 4.74 Å². The Hall–Kier alpha value is -2.17. The maximum Gasteiger partial charge on any atom is 0.237 e. The number of nitrogens with zero attached hydrogens (tertiary/aromatic N) is 1.